The van der Waals surface area contributed by atoms with Crippen molar-refractivity contribution in [3.8, 4) is 5.75 Å². The molecule has 0 radical (unpaired) electrons. The van der Waals surface area contributed by atoms with Gasteiger partial charge in [-0.05, 0) is 36.3 Å². The van der Waals surface area contributed by atoms with Crippen LogP contribution in [0.4, 0.5) is 0 Å². The number of benzene rings is 1. The van der Waals surface area contributed by atoms with Crippen molar-refractivity contribution in [3.63, 3.8) is 0 Å². The summed E-state index contributed by atoms with van der Waals surface area (Å²) in [4.78, 5) is 6.62. The van der Waals surface area contributed by atoms with Crippen LogP contribution in [0.25, 0.3) is 0 Å². The molecule has 5 nitrogen and oxygen atoms in total. The zero-order valence-electron chi connectivity index (χ0n) is 15.9. The van der Waals surface area contributed by atoms with E-state index in [1.54, 1.807) is 7.11 Å². The highest BCUT2D eigenvalue weighted by Crippen LogP contribution is 2.34. The predicted octanol–water partition coefficient (Wildman–Crippen LogP) is 3.00. The Labute approximate surface area is 156 Å². The van der Waals surface area contributed by atoms with Crippen LogP contribution in [0.1, 0.15) is 25.3 Å². The van der Waals surface area contributed by atoms with E-state index >= 15 is 0 Å². The minimum absolute atomic E-state index is 0.254. The molecule has 0 aromatic heterocycles. The lowest BCUT2D eigenvalue weighted by molar-refractivity contribution is 0.0780. The van der Waals surface area contributed by atoms with Gasteiger partial charge >= 0.3 is 0 Å². The van der Waals surface area contributed by atoms with Gasteiger partial charge in [0, 0.05) is 45.1 Å². The third kappa shape index (κ3) is 5.82. The molecule has 1 N–H and O–H groups in total. The first-order valence-corrected chi connectivity index (χ1v) is 9.87. The van der Waals surface area contributed by atoms with Crippen LogP contribution in [0.15, 0.2) is 29.3 Å². The number of nitrogens with zero attached hydrogens (tertiary/aromatic N) is 2. The maximum Gasteiger partial charge on any atom is 0.193 e. The van der Waals surface area contributed by atoms with Gasteiger partial charge < -0.3 is 19.7 Å². The fraction of sp³-hybridized carbons (Fsp3) is 0.632. The standard InChI is InChI=1S/C19H31N3O2S/c1-5-25-19(10-12-24-13-11-19)15-21-18(20-2)22(3)14-16-6-8-17(23-4)9-7-16/h6-9H,5,10-15H2,1-4H3,(H,20,21). The van der Waals surface area contributed by atoms with Gasteiger partial charge in [0.05, 0.1) is 7.11 Å². The molecule has 1 aliphatic rings. The van der Waals surface area contributed by atoms with Crippen LogP contribution in [-0.2, 0) is 11.3 Å². The number of rotatable bonds is 7. The number of aliphatic imine (C=N–C) groups is 1. The Morgan fingerprint density at radius 2 is 2.00 bits per heavy atom. The smallest absolute Gasteiger partial charge is 0.193 e. The maximum atomic E-state index is 5.56. The minimum atomic E-state index is 0.254. The van der Waals surface area contributed by atoms with Crippen LogP contribution in [0.2, 0.25) is 0 Å². The van der Waals surface area contributed by atoms with E-state index in [9.17, 15) is 0 Å². The predicted molar refractivity (Wildman–Crippen MR) is 107 cm³/mol. The van der Waals surface area contributed by atoms with Crippen molar-refractivity contribution in [1.29, 1.82) is 0 Å². The molecule has 1 heterocycles. The lowest BCUT2D eigenvalue weighted by Crippen LogP contribution is -2.48. The van der Waals surface area contributed by atoms with Gasteiger partial charge in [0.2, 0.25) is 0 Å². The Morgan fingerprint density at radius 1 is 1.32 bits per heavy atom. The molecule has 0 spiro atoms. The summed E-state index contributed by atoms with van der Waals surface area (Å²) in [5, 5.41) is 3.58. The largest absolute Gasteiger partial charge is 0.497 e. The second kappa shape index (κ2) is 9.92. The van der Waals surface area contributed by atoms with Crippen molar-refractivity contribution in [2.75, 3.05) is 46.7 Å². The number of methoxy groups -OCH3 is 1. The monoisotopic (exact) mass is 365 g/mol. The first-order valence-electron chi connectivity index (χ1n) is 8.89. The molecule has 0 unspecified atom stereocenters. The third-order valence-corrected chi connectivity index (χ3v) is 6.03. The summed E-state index contributed by atoms with van der Waals surface area (Å²) in [5.74, 6) is 2.94. The molecule has 0 saturated carbocycles. The van der Waals surface area contributed by atoms with Gasteiger partial charge in [0.25, 0.3) is 0 Å². The van der Waals surface area contributed by atoms with E-state index in [0.29, 0.717) is 0 Å². The van der Waals surface area contributed by atoms with Crippen LogP contribution in [-0.4, -0.2) is 62.3 Å². The van der Waals surface area contributed by atoms with E-state index in [2.05, 4.69) is 41.3 Å². The molecule has 1 aromatic carbocycles. The summed E-state index contributed by atoms with van der Waals surface area (Å²) in [6, 6.07) is 8.17. The third-order valence-electron chi connectivity index (χ3n) is 4.58. The van der Waals surface area contributed by atoms with Crippen molar-refractivity contribution >= 4 is 17.7 Å². The number of ether oxygens (including phenoxy) is 2. The number of hydrogen-bond acceptors (Lipinski definition) is 4. The Hall–Kier alpha value is -1.40. The summed E-state index contributed by atoms with van der Waals surface area (Å²) in [5.41, 5.74) is 1.23. The lowest BCUT2D eigenvalue weighted by atomic mass is 9.99. The van der Waals surface area contributed by atoms with Crippen LogP contribution in [0.5, 0.6) is 5.75 Å². The molecular formula is C19H31N3O2S. The zero-order valence-corrected chi connectivity index (χ0v) is 16.7. The van der Waals surface area contributed by atoms with E-state index in [0.717, 1.165) is 56.6 Å². The number of thioether (sulfide) groups is 1. The van der Waals surface area contributed by atoms with Crippen molar-refractivity contribution in [1.82, 2.24) is 10.2 Å². The normalized spacial score (nSPS) is 17.2. The minimum Gasteiger partial charge on any atom is -0.497 e. The molecule has 2 rings (SSSR count). The van der Waals surface area contributed by atoms with E-state index in [1.807, 2.05) is 30.9 Å². The molecule has 0 aliphatic carbocycles. The topological polar surface area (TPSA) is 46.1 Å². The number of nitrogens with one attached hydrogen (secondary N) is 1. The maximum absolute atomic E-state index is 5.56. The molecule has 1 fully saturated rings. The Bertz CT molecular complexity index is 537. The molecule has 6 heteroatoms. The summed E-state index contributed by atoms with van der Waals surface area (Å²) in [6.45, 7) is 5.67. The van der Waals surface area contributed by atoms with E-state index in [4.69, 9.17) is 9.47 Å². The second-order valence-electron chi connectivity index (χ2n) is 6.33. The van der Waals surface area contributed by atoms with Gasteiger partial charge in [0.1, 0.15) is 5.75 Å². The first kappa shape index (κ1) is 19.9. The average molecular weight is 366 g/mol. The summed E-state index contributed by atoms with van der Waals surface area (Å²) >= 11 is 2.04. The molecular weight excluding hydrogens is 334 g/mol. The zero-order chi connectivity index (χ0) is 18.1. The highest BCUT2D eigenvalue weighted by molar-refractivity contribution is 8.00. The molecule has 25 heavy (non-hydrogen) atoms. The van der Waals surface area contributed by atoms with Crippen molar-refractivity contribution < 1.29 is 9.47 Å². The van der Waals surface area contributed by atoms with E-state index < -0.39 is 0 Å². The molecule has 1 saturated heterocycles. The molecule has 140 valence electrons. The van der Waals surface area contributed by atoms with Crippen LogP contribution >= 0.6 is 11.8 Å². The molecule has 1 aliphatic heterocycles. The first-order chi connectivity index (χ1) is 12.1. The fourth-order valence-corrected chi connectivity index (χ4v) is 4.37. The lowest BCUT2D eigenvalue weighted by Gasteiger charge is -2.37. The van der Waals surface area contributed by atoms with Gasteiger partial charge in [-0.2, -0.15) is 11.8 Å². The van der Waals surface area contributed by atoms with Gasteiger partial charge in [-0.15, -0.1) is 0 Å². The van der Waals surface area contributed by atoms with Crippen molar-refractivity contribution in [3.05, 3.63) is 29.8 Å². The van der Waals surface area contributed by atoms with Crippen LogP contribution in [0, 0.1) is 0 Å². The Kier molecular flexibility index (Phi) is 7.90. The fourth-order valence-electron chi connectivity index (χ4n) is 3.13. The molecule has 1 aromatic rings. The van der Waals surface area contributed by atoms with Gasteiger partial charge in [-0.3, -0.25) is 4.99 Å². The van der Waals surface area contributed by atoms with Crippen molar-refractivity contribution in [2.45, 2.75) is 31.1 Å². The Morgan fingerprint density at radius 3 is 2.56 bits per heavy atom. The van der Waals surface area contributed by atoms with Crippen LogP contribution < -0.4 is 10.1 Å². The summed E-state index contributed by atoms with van der Waals surface area (Å²) in [7, 11) is 5.60. The van der Waals surface area contributed by atoms with E-state index in [-0.39, 0.29) is 4.75 Å². The van der Waals surface area contributed by atoms with E-state index in [1.165, 1.54) is 5.56 Å². The molecule has 0 amide bonds. The molecule has 0 bridgehead atoms. The van der Waals surface area contributed by atoms with Crippen molar-refractivity contribution in [2.24, 2.45) is 4.99 Å². The van der Waals surface area contributed by atoms with Crippen LogP contribution in [0.3, 0.4) is 0 Å². The van der Waals surface area contributed by atoms with Gasteiger partial charge in [-0.25, -0.2) is 0 Å². The Balaban J connectivity index is 1.93. The summed E-state index contributed by atoms with van der Waals surface area (Å²) < 4.78 is 11.0. The second-order valence-corrected chi connectivity index (χ2v) is 8.07. The summed E-state index contributed by atoms with van der Waals surface area (Å²) in [6.07, 6.45) is 2.19. The highest BCUT2D eigenvalue weighted by atomic mass is 32.2. The number of guanidine groups is 1. The van der Waals surface area contributed by atoms with Gasteiger partial charge in [0.15, 0.2) is 5.96 Å². The highest BCUT2D eigenvalue weighted by Gasteiger charge is 2.32. The van der Waals surface area contributed by atoms with Gasteiger partial charge in [-0.1, -0.05) is 19.1 Å². The average Bonchev–Trinajstić information content (AvgIpc) is 2.64. The number of hydrogen-bond donors (Lipinski definition) is 1. The SMILES string of the molecule is CCSC1(CNC(=NC)N(C)Cc2ccc(OC)cc2)CCOCC1. The quantitative estimate of drug-likeness (QED) is 0.594. The molecule has 0 atom stereocenters.